The average Bonchev–Trinajstić information content (AvgIpc) is 2.87. The molecular formula is C12H16N2OS. The van der Waals surface area contributed by atoms with Gasteiger partial charge in [0, 0.05) is 18.2 Å². The van der Waals surface area contributed by atoms with Crippen LogP contribution < -0.4 is 5.73 Å². The molecule has 0 aliphatic rings. The highest BCUT2D eigenvalue weighted by Gasteiger charge is 2.12. The molecule has 0 aliphatic carbocycles. The van der Waals surface area contributed by atoms with E-state index in [9.17, 15) is 0 Å². The van der Waals surface area contributed by atoms with Gasteiger partial charge in [-0.15, -0.1) is 11.3 Å². The molecule has 1 unspecified atom stereocenters. The Hall–Kier alpha value is -1.13. The van der Waals surface area contributed by atoms with Gasteiger partial charge in [0.05, 0.1) is 16.7 Å². The quantitative estimate of drug-likeness (QED) is 0.888. The van der Waals surface area contributed by atoms with Gasteiger partial charge in [-0.3, -0.25) is 0 Å². The second-order valence-electron chi connectivity index (χ2n) is 3.83. The van der Waals surface area contributed by atoms with Gasteiger partial charge in [-0.25, -0.2) is 4.98 Å². The second kappa shape index (κ2) is 4.80. The van der Waals surface area contributed by atoms with Crippen LogP contribution >= 0.6 is 11.3 Å². The molecule has 16 heavy (non-hydrogen) atoms. The first-order valence-corrected chi connectivity index (χ1v) is 6.32. The lowest BCUT2D eigenvalue weighted by atomic mass is 10.1. The maximum absolute atomic E-state index is 6.08. The summed E-state index contributed by atoms with van der Waals surface area (Å²) in [6.45, 7) is 4.07. The minimum Gasteiger partial charge on any atom is -0.464 e. The third kappa shape index (κ3) is 2.51. The Morgan fingerprint density at radius 2 is 2.31 bits per heavy atom. The van der Waals surface area contributed by atoms with Crippen LogP contribution in [0.4, 0.5) is 0 Å². The number of thiazole rings is 1. The smallest absolute Gasteiger partial charge is 0.121 e. The number of aryl methyl sites for hydroxylation is 2. The Morgan fingerprint density at radius 1 is 1.50 bits per heavy atom. The highest BCUT2D eigenvalue weighted by molar-refractivity contribution is 7.09. The molecule has 0 saturated carbocycles. The zero-order valence-corrected chi connectivity index (χ0v) is 10.4. The van der Waals surface area contributed by atoms with Crippen LogP contribution in [0.25, 0.3) is 0 Å². The lowest BCUT2D eigenvalue weighted by Gasteiger charge is -2.06. The Balaban J connectivity index is 2.05. The van der Waals surface area contributed by atoms with E-state index in [0.29, 0.717) is 0 Å². The molecule has 0 aromatic carbocycles. The van der Waals surface area contributed by atoms with Crippen LogP contribution in [-0.2, 0) is 12.8 Å². The number of hydrogen-bond acceptors (Lipinski definition) is 4. The molecular weight excluding hydrogens is 220 g/mol. The van der Waals surface area contributed by atoms with Crippen molar-refractivity contribution in [1.29, 1.82) is 0 Å². The Morgan fingerprint density at radius 3 is 2.88 bits per heavy atom. The molecule has 2 aromatic heterocycles. The van der Waals surface area contributed by atoms with E-state index < -0.39 is 0 Å². The molecule has 4 heteroatoms. The van der Waals surface area contributed by atoms with Crippen LogP contribution in [-0.4, -0.2) is 4.98 Å². The highest BCUT2D eigenvalue weighted by atomic mass is 32.1. The molecule has 0 saturated heterocycles. The number of hydrogen-bond donors (Lipinski definition) is 1. The Bertz CT molecular complexity index is 461. The van der Waals surface area contributed by atoms with Gasteiger partial charge in [-0.2, -0.15) is 0 Å². The third-order valence-corrected chi connectivity index (χ3v) is 3.31. The van der Waals surface area contributed by atoms with Crippen molar-refractivity contribution in [3.63, 3.8) is 0 Å². The van der Waals surface area contributed by atoms with Gasteiger partial charge < -0.3 is 10.2 Å². The van der Waals surface area contributed by atoms with Crippen molar-refractivity contribution in [2.24, 2.45) is 5.73 Å². The van der Waals surface area contributed by atoms with Crippen molar-refractivity contribution in [3.8, 4) is 0 Å². The number of nitrogens with two attached hydrogens (primary N) is 1. The number of aromatic nitrogens is 1. The predicted octanol–water partition coefficient (Wildman–Crippen LogP) is 2.85. The molecule has 2 aromatic rings. The highest BCUT2D eigenvalue weighted by Crippen LogP contribution is 2.20. The molecule has 0 aliphatic heterocycles. The Kier molecular flexibility index (Phi) is 3.41. The van der Waals surface area contributed by atoms with Crippen molar-refractivity contribution in [2.45, 2.75) is 32.7 Å². The van der Waals surface area contributed by atoms with Gasteiger partial charge in [0.25, 0.3) is 0 Å². The maximum atomic E-state index is 6.08. The van der Waals surface area contributed by atoms with Crippen LogP contribution in [0.5, 0.6) is 0 Å². The van der Waals surface area contributed by atoms with Gasteiger partial charge in [-0.05, 0) is 19.1 Å². The van der Waals surface area contributed by atoms with E-state index in [0.717, 1.165) is 35.1 Å². The van der Waals surface area contributed by atoms with Crippen LogP contribution in [0.1, 0.15) is 35.2 Å². The lowest BCUT2D eigenvalue weighted by molar-refractivity contribution is 0.433. The minimum atomic E-state index is -0.0956. The Labute approximate surface area is 99.3 Å². The summed E-state index contributed by atoms with van der Waals surface area (Å²) in [7, 11) is 0. The minimum absolute atomic E-state index is 0.0956. The fourth-order valence-corrected chi connectivity index (χ4v) is 2.24. The van der Waals surface area contributed by atoms with Crippen molar-refractivity contribution >= 4 is 11.3 Å². The fraction of sp³-hybridized carbons (Fsp3) is 0.417. The summed E-state index contributed by atoms with van der Waals surface area (Å²) in [4.78, 5) is 4.40. The maximum Gasteiger partial charge on any atom is 0.121 e. The van der Waals surface area contributed by atoms with Gasteiger partial charge in [-0.1, -0.05) is 6.92 Å². The molecule has 2 rings (SSSR count). The van der Waals surface area contributed by atoms with E-state index in [-0.39, 0.29) is 6.04 Å². The van der Waals surface area contributed by atoms with Gasteiger partial charge in [0.15, 0.2) is 0 Å². The SMILES string of the molecule is CCc1ccc(C(N)Cc2csc(C)n2)o1. The van der Waals surface area contributed by atoms with Gasteiger partial charge >= 0.3 is 0 Å². The van der Waals surface area contributed by atoms with Crippen molar-refractivity contribution < 1.29 is 4.42 Å². The summed E-state index contributed by atoms with van der Waals surface area (Å²) in [5, 5.41) is 3.13. The fourth-order valence-electron chi connectivity index (χ4n) is 1.61. The summed E-state index contributed by atoms with van der Waals surface area (Å²) in [5.74, 6) is 1.84. The third-order valence-electron chi connectivity index (χ3n) is 2.49. The molecule has 0 bridgehead atoms. The van der Waals surface area contributed by atoms with Crippen molar-refractivity contribution in [1.82, 2.24) is 4.98 Å². The molecule has 86 valence electrons. The topological polar surface area (TPSA) is 52.0 Å². The summed E-state index contributed by atoms with van der Waals surface area (Å²) < 4.78 is 5.62. The predicted molar refractivity (Wildman–Crippen MR) is 65.6 cm³/mol. The molecule has 3 nitrogen and oxygen atoms in total. The first-order chi connectivity index (χ1) is 7.69. The molecule has 2 heterocycles. The van der Waals surface area contributed by atoms with Crippen molar-refractivity contribution in [2.75, 3.05) is 0 Å². The molecule has 0 radical (unpaired) electrons. The standard InChI is InChI=1S/C12H16N2OS/c1-3-10-4-5-12(15-10)11(13)6-9-7-16-8(2)14-9/h4-5,7,11H,3,6,13H2,1-2H3. The summed E-state index contributed by atoms with van der Waals surface area (Å²) in [6.07, 6.45) is 1.64. The molecule has 2 N–H and O–H groups in total. The van der Waals surface area contributed by atoms with E-state index in [1.807, 2.05) is 19.1 Å². The number of furan rings is 1. The molecule has 0 spiro atoms. The second-order valence-corrected chi connectivity index (χ2v) is 4.89. The normalized spacial score (nSPS) is 12.9. The first-order valence-electron chi connectivity index (χ1n) is 5.44. The van der Waals surface area contributed by atoms with E-state index in [4.69, 9.17) is 10.2 Å². The number of nitrogens with zero attached hydrogens (tertiary/aromatic N) is 1. The monoisotopic (exact) mass is 236 g/mol. The summed E-state index contributed by atoms with van der Waals surface area (Å²) >= 11 is 1.65. The molecule has 0 amide bonds. The van der Waals surface area contributed by atoms with Crippen LogP contribution in [0.15, 0.2) is 21.9 Å². The number of rotatable bonds is 4. The van der Waals surface area contributed by atoms with Crippen LogP contribution in [0, 0.1) is 6.92 Å². The lowest BCUT2D eigenvalue weighted by Crippen LogP contribution is -2.12. The summed E-state index contributed by atoms with van der Waals surface area (Å²) in [5.41, 5.74) is 7.12. The van der Waals surface area contributed by atoms with Gasteiger partial charge in [0.2, 0.25) is 0 Å². The zero-order valence-electron chi connectivity index (χ0n) is 9.56. The largest absolute Gasteiger partial charge is 0.464 e. The van der Waals surface area contributed by atoms with Crippen LogP contribution in [0.3, 0.4) is 0 Å². The van der Waals surface area contributed by atoms with E-state index in [2.05, 4.69) is 17.3 Å². The zero-order chi connectivity index (χ0) is 11.5. The first kappa shape index (κ1) is 11.4. The van der Waals surface area contributed by atoms with E-state index in [1.165, 1.54) is 0 Å². The molecule has 1 atom stereocenters. The molecule has 0 fully saturated rings. The van der Waals surface area contributed by atoms with E-state index >= 15 is 0 Å². The van der Waals surface area contributed by atoms with E-state index in [1.54, 1.807) is 11.3 Å². The summed E-state index contributed by atoms with van der Waals surface area (Å²) in [6, 6.07) is 3.85. The van der Waals surface area contributed by atoms with Crippen molar-refractivity contribution in [3.05, 3.63) is 39.7 Å². The van der Waals surface area contributed by atoms with Gasteiger partial charge in [0.1, 0.15) is 11.5 Å². The van der Waals surface area contributed by atoms with Crippen LogP contribution in [0.2, 0.25) is 0 Å². The average molecular weight is 236 g/mol.